The molecule has 0 spiro atoms. The molecule has 3 heteroatoms. The number of alkyl halides is 1. The van der Waals surface area contributed by atoms with Gasteiger partial charge < -0.3 is 0 Å². The van der Waals surface area contributed by atoms with Crippen LogP contribution in [0.4, 0.5) is 0 Å². The van der Waals surface area contributed by atoms with Gasteiger partial charge in [0.05, 0.1) is 3.79 Å². The van der Waals surface area contributed by atoms with Crippen molar-refractivity contribution in [3.8, 4) is 10.4 Å². The van der Waals surface area contributed by atoms with Crippen molar-refractivity contribution in [1.29, 1.82) is 0 Å². The summed E-state index contributed by atoms with van der Waals surface area (Å²) in [5.41, 5.74) is 2.65. The van der Waals surface area contributed by atoms with Gasteiger partial charge in [-0.3, -0.25) is 0 Å². The lowest BCUT2D eigenvalue weighted by Gasteiger charge is -2.03. The van der Waals surface area contributed by atoms with Crippen LogP contribution in [0, 0.1) is 0 Å². The zero-order chi connectivity index (χ0) is 9.97. The number of halogens is 2. The van der Waals surface area contributed by atoms with E-state index in [1.807, 2.05) is 0 Å². The molecular weight excluding hydrogens is 324 g/mol. The molecule has 2 aromatic rings. The topological polar surface area (TPSA) is 0 Å². The van der Waals surface area contributed by atoms with Crippen molar-refractivity contribution in [2.24, 2.45) is 0 Å². The van der Waals surface area contributed by atoms with Crippen molar-refractivity contribution in [3.05, 3.63) is 45.7 Å². The van der Waals surface area contributed by atoms with Crippen molar-refractivity contribution in [2.45, 2.75) is 5.33 Å². The zero-order valence-corrected chi connectivity index (χ0v) is 11.3. The van der Waals surface area contributed by atoms with E-state index in [1.165, 1.54) is 19.8 Å². The van der Waals surface area contributed by atoms with Crippen LogP contribution < -0.4 is 0 Å². The molecule has 0 atom stereocenters. The van der Waals surface area contributed by atoms with Gasteiger partial charge in [0.15, 0.2) is 0 Å². The van der Waals surface area contributed by atoms with Crippen LogP contribution in [-0.2, 0) is 5.33 Å². The Morgan fingerprint density at radius 3 is 2.50 bits per heavy atom. The maximum absolute atomic E-state index is 3.51. The molecule has 72 valence electrons. The van der Waals surface area contributed by atoms with Crippen LogP contribution in [0.1, 0.15) is 5.56 Å². The largest absolute Gasteiger partial charge is 0.128 e. The smallest absolute Gasteiger partial charge is 0.0705 e. The predicted molar refractivity (Wildman–Crippen MR) is 70.1 cm³/mol. The summed E-state index contributed by atoms with van der Waals surface area (Å²) in [4.78, 5) is 1.31. The molecule has 1 heterocycles. The normalized spacial score (nSPS) is 10.4. The molecule has 2 rings (SSSR count). The Labute approximate surface area is 104 Å². The first-order chi connectivity index (χ1) is 6.81. The highest BCUT2D eigenvalue weighted by molar-refractivity contribution is 9.11. The van der Waals surface area contributed by atoms with Gasteiger partial charge >= 0.3 is 0 Å². The number of hydrogen-bond donors (Lipinski definition) is 0. The molecule has 14 heavy (non-hydrogen) atoms. The second-order valence-electron chi connectivity index (χ2n) is 2.89. The van der Waals surface area contributed by atoms with E-state index < -0.39 is 0 Å². The average molecular weight is 332 g/mol. The molecule has 0 nitrogen and oxygen atoms in total. The molecule has 0 aliphatic carbocycles. The molecule has 0 saturated carbocycles. The monoisotopic (exact) mass is 330 g/mol. The Kier molecular flexibility index (Phi) is 3.42. The van der Waals surface area contributed by atoms with E-state index in [9.17, 15) is 0 Å². The molecule has 0 aliphatic rings. The Morgan fingerprint density at radius 2 is 1.86 bits per heavy atom. The lowest BCUT2D eigenvalue weighted by molar-refractivity contribution is 1.44. The number of benzene rings is 1. The molecule has 1 aromatic heterocycles. The quantitative estimate of drug-likeness (QED) is 0.674. The second kappa shape index (κ2) is 4.60. The van der Waals surface area contributed by atoms with Crippen molar-refractivity contribution in [1.82, 2.24) is 0 Å². The van der Waals surface area contributed by atoms with Crippen molar-refractivity contribution in [3.63, 3.8) is 0 Å². The lowest BCUT2D eigenvalue weighted by Crippen LogP contribution is -1.81. The first-order valence-corrected chi connectivity index (χ1v) is 6.94. The summed E-state index contributed by atoms with van der Waals surface area (Å²) in [6, 6.07) is 12.7. The molecule has 0 bridgehead atoms. The predicted octanol–water partition coefficient (Wildman–Crippen LogP) is 5.07. The molecule has 0 N–H and O–H groups in total. The highest BCUT2D eigenvalue weighted by Gasteiger charge is 2.05. The lowest BCUT2D eigenvalue weighted by atomic mass is 10.1. The molecule has 0 saturated heterocycles. The van der Waals surface area contributed by atoms with Gasteiger partial charge in [-0.05, 0) is 39.2 Å². The van der Waals surface area contributed by atoms with E-state index in [1.54, 1.807) is 11.3 Å². The van der Waals surface area contributed by atoms with Gasteiger partial charge in [-0.1, -0.05) is 40.2 Å². The number of rotatable bonds is 2. The van der Waals surface area contributed by atoms with Crippen molar-refractivity contribution < 1.29 is 0 Å². The molecule has 0 radical (unpaired) electrons. The van der Waals surface area contributed by atoms with Crippen LogP contribution in [0.3, 0.4) is 0 Å². The zero-order valence-electron chi connectivity index (χ0n) is 7.34. The van der Waals surface area contributed by atoms with E-state index >= 15 is 0 Å². The first kappa shape index (κ1) is 10.4. The fourth-order valence-electron chi connectivity index (χ4n) is 1.34. The van der Waals surface area contributed by atoms with E-state index in [2.05, 4.69) is 68.3 Å². The summed E-state index contributed by atoms with van der Waals surface area (Å²) in [7, 11) is 0. The highest BCUT2D eigenvalue weighted by atomic mass is 79.9. The molecule has 0 aliphatic heterocycles. The van der Waals surface area contributed by atoms with E-state index in [4.69, 9.17) is 0 Å². The summed E-state index contributed by atoms with van der Waals surface area (Å²) in [5, 5.41) is 0.901. The first-order valence-electron chi connectivity index (χ1n) is 4.21. The van der Waals surface area contributed by atoms with Crippen LogP contribution in [0.25, 0.3) is 10.4 Å². The summed E-state index contributed by atoms with van der Waals surface area (Å²) < 4.78 is 1.18. The number of hydrogen-bond acceptors (Lipinski definition) is 1. The van der Waals surface area contributed by atoms with Gasteiger partial charge in [-0.15, -0.1) is 11.3 Å². The number of thiophene rings is 1. The summed E-state index contributed by atoms with van der Waals surface area (Å²) in [6.45, 7) is 0. The Hall–Kier alpha value is -0.120. The van der Waals surface area contributed by atoms with E-state index in [0.717, 1.165) is 5.33 Å². The minimum atomic E-state index is 0.901. The van der Waals surface area contributed by atoms with E-state index in [-0.39, 0.29) is 0 Å². The van der Waals surface area contributed by atoms with Crippen LogP contribution in [0.2, 0.25) is 0 Å². The molecular formula is C11H8Br2S. The van der Waals surface area contributed by atoms with Gasteiger partial charge in [-0.25, -0.2) is 0 Å². The third kappa shape index (κ3) is 2.10. The van der Waals surface area contributed by atoms with Gasteiger partial charge in [0.1, 0.15) is 0 Å². The fraction of sp³-hybridized carbons (Fsp3) is 0.0909. The minimum Gasteiger partial charge on any atom is -0.128 e. The molecule has 1 aromatic carbocycles. The van der Waals surface area contributed by atoms with Crippen LogP contribution in [0.15, 0.2) is 40.2 Å². The Bertz CT molecular complexity index is 434. The van der Waals surface area contributed by atoms with Crippen molar-refractivity contribution in [2.75, 3.05) is 0 Å². The molecule has 0 fully saturated rings. The maximum atomic E-state index is 3.51. The van der Waals surface area contributed by atoms with Crippen LogP contribution >= 0.6 is 43.2 Å². The third-order valence-electron chi connectivity index (χ3n) is 2.00. The van der Waals surface area contributed by atoms with Crippen molar-refractivity contribution >= 4 is 43.2 Å². The third-order valence-corrected chi connectivity index (χ3v) is 4.26. The van der Waals surface area contributed by atoms with Gasteiger partial charge in [0.25, 0.3) is 0 Å². The molecule has 0 unspecified atom stereocenters. The Morgan fingerprint density at radius 1 is 1.07 bits per heavy atom. The molecule has 0 amide bonds. The SMILES string of the molecule is BrCc1ccccc1-c1ccc(Br)s1. The van der Waals surface area contributed by atoms with Crippen LogP contribution in [0.5, 0.6) is 0 Å². The van der Waals surface area contributed by atoms with Crippen LogP contribution in [-0.4, -0.2) is 0 Å². The highest BCUT2D eigenvalue weighted by Crippen LogP contribution is 2.33. The second-order valence-corrected chi connectivity index (χ2v) is 5.92. The van der Waals surface area contributed by atoms with E-state index in [0.29, 0.717) is 0 Å². The van der Waals surface area contributed by atoms with Gasteiger partial charge in [0.2, 0.25) is 0 Å². The fourth-order valence-corrected chi connectivity index (χ4v) is 3.27. The summed E-state index contributed by atoms with van der Waals surface area (Å²) >= 11 is 8.75. The summed E-state index contributed by atoms with van der Waals surface area (Å²) in [5.74, 6) is 0. The Balaban J connectivity index is 2.50. The maximum Gasteiger partial charge on any atom is 0.0705 e. The standard InChI is InChI=1S/C11H8Br2S/c12-7-8-3-1-2-4-9(8)10-5-6-11(13)14-10/h1-6H,7H2. The minimum absolute atomic E-state index is 0.901. The van der Waals surface area contributed by atoms with Gasteiger partial charge in [-0.2, -0.15) is 0 Å². The summed E-state index contributed by atoms with van der Waals surface area (Å²) in [6.07, 6.45) is 0. The average Bonchev–Trinajstić information content (AvgIpc) is 2.65. The van der Waals surface area contributed by atoms with Gasteiger partial charge in [0, 0.05) is 10.2 Å².